The second-order valence-corrected chi connectivity index (χ2v) is 6.52. The number of methoxy groups -OCH3 is 1. The van der Waals surface area contributed by atoms with Crippen LogP contribution in [0.3, 0.4) is 0 Å². The maximum absolute atomic E-state index is 12.9. The average molecular weight is 386 g/mol. The fraction of sp³-hybridized carbons (Fsp3) is 0.316. The number of hydrogen-bond donors (Lipinski definition) is 0. The number of amides is 3. The molecule has 0 aromatic heterocycles. The number of carbonyl (C=O) groups excluding carboxylic acids is 5. The van der Waals surface area contributed by atoms with Gasteiger partial charge in [-0.1, -0.05) is 12.1 Å². The highest BCUT2D eigenvalue weighted by Gasteiger charge is 2.60. The maximum Gasteiger partial charge on any atom is 0.354 e. The first kappa shape index (κ1) is 19.3. The first-order valence-corrected chi connectivity index (χ1v) is 8.43. The number of carbonyl (C=O) groups is 5. The van der Waals surface area contributed by atoms with E-state index in [-0.39, 0.29) is 16.8 Å². The van der Waals surface area contributed by atoms with Crippen LogP contribution in [-0.4, -0.2) is 58.8 Å². The van der Waals surface area contributed by atoms with Crippen LogP contribution in [0.25, 0.3) is 0 Å². The smallest absolute Gasteiger partial charge is 0.354 e. The van der Waals surface area contributed by atoms with Crippen molar-refractivity contribution in [1.29, 1.82) is 0 Å². The van der Waals surface area contributed by atoms with E-state index in [4.69, 9.17) is 9.47 Å². The molecule has 1 aromatic carbocycles. The summed E-state index contributed by atoms with van der Waals surface area (Å²) < 4.78 is 9.90. The predicted molar refractivity (Wildman–Crippen MR) is 93.5 cm³/mol. The Kier molecular flexibility index (Phi) is 4.76. The minimum Gasteiger partial charge on any atom is -0.464 e. The summed E-state index contributed by atoms with van der Waals surface area (Å²) in [5, 5.41) is 0. The quantitative estimate of drug-likeness (QED) is 0.326. The van der Waals surface area contributed by atoms with E-state index < -0.39 is 41.9 Å². The second kappa shape index (κ2) is 6.91. The highest BCUT2D eigenvalue weighted by Crippen LogP contribution is 2.36. The molecule has 2 unspecified atom stereocenters. The van der Waals surface area contributed by atoms with Crippen LogP contribution in [-0.2, 0) is 23.9 Å². The average Bonchev–Trinajstić information content (AvgIpc) is 2.90. The standard InChI is InChI=1S/C19H18N2O7/c1-9(2)13(19(26)27-4)21-17(25)14(18(21)28-10(3)22)20-15(23)11-7-5-6-8-12(11)16(20)24/h5-8,14,18H,1-4H3. The summed E-state index contributed by atoms with van der Waals surface area (Å²) in [4.78, 5) is 63.8. The molecule has 9 heteroatoms. The number of allylic oxidation sites excluding steroid dienone is 1. The van der Waals surface area contributed by atoms with Crippen LogP contribution < -0.4 is 0 Å². The molecule has 9 nitrogen and oxygen atoms in total. The summed E-state index contributed by atoms with van der Waals surface area (Å²) in [5.41, 5.74) is 0.663. The molecule has 1 saturated heterocycles. The van der Waals surface area contributed by atoms with Crippen LogP contribution in [0.1, 0.15) is 41.5 Å². The highest BCUT2D eigenvalue weighted by molar-refractivity contribution is 6.23. The Morgan fingerprint density at radius 3 is 1.93 bits per heavy atom. The molecule has 2 aliphatic heterocycles. The predicted octanol–water partition coefficient (Wildman–Crippen LogP) is 0.849. The van der Waals surface area contributed by atoms with E-state index in [9.17, 15) is 24.0 Å². The minimum absolute atomic E-state index is 0.105. The van der Waals surface area contributed by atoms with Crippen molar-refractivity contribution in [2.45, 2.75) is 33.0 Å². The number of likely N-dealkylation sites (tertiary alicyclic amines) is 1. The maximum atomic E-state index is 12.9. The number of rotatable bonds is 4. The minimum atomic E-state index is -1.37. The van der Waals surface area contributed by atoms with Gasteiger partial charge in [0, 0.05) is 6.92 Å². The molecule has 3 rings (SSSR count). The van der Waals surface area contributed by atoms with Crippen LogP contribution in [0.2, 0.25) is 0 Å². The highest BCUT2D eigenvalue weighted by atomic mass is 16.6. The molecule has 0 bridgehead atoms. The van der Waals surface area contributed by atoms with Crippen molar-refractivity contribution in [2.75, 3.05) is 7.11 Å². The largest absolute Gasteiger partial charge is 0.464 e. The summed E-state index contributed by atoms with van der Waals surface area (Å²) in [6.07, 6.45) is -1.32. The molecule has 0 N–H and O–H groups in total. The lowest BCUT2D eigenvalue weighted by Crippen LogP contribution is -2.72. The third-order valence-corrected chi connectivity index (χ3v) is 4.50. The molecular formula is C19H18N2O7. The van der Waals surface area contributed by atoms with E-state index >= 15 is 0 Å². The summed E-state index contributed by atoms with van der Waals surface area (Å²) in [7, 11) is 1.15. The number of fused-ring (bicyclic) bond motifs is 1. The van der Waals surface area contributed by atoms with Crippen molar-refractivity contribution in [3.05, 3.63) is 46.7 Å². The van der Waals surface area contributed by atoms with E-state index in [2.05, 4.69) is 0 Å². The molecule has 0 saturated carbocycles. The zero-order chi connectivity index (χ0) is 20.7. The molecule has 0 aliphatic carbocycles. The Labute approximate surface area is 160 Å². The number of β-lactam (4-membered cyclic amide) rings is 1. The normalized spacial score (nSPS) is 20.5. The van der Waals surface area contributed by atoms with Crippen LogP contribution >= 0.6 is 0 Å². The zero-order valence-corrected chi connectivity index (χ0v) is 15.7. The van der Waals surface area contributed by atoms with Gasteiger partial charge in [-0.25, -0.2) is 4.79 Å². The van der Waals surface area contributed by atoms with E-state index in [0.29, 0.717) is 5.57 Å². The molecule has 1 aromatic rings. The number of esters is 2. The summed E-state index contributed by atoms with van der Waals surface area (Å²) in [6.45, 7) is 4.29. The molecule has 0 spiro atoms. The Balaban J connectivity index is 2.01. The van der Waals surface area contributed by atoms with Crippen LogP contribution in [0.15, 0.2) is 35.5 Å². The summed E-state index contributed by atoms with van der Waals surface area (Å²) in [5.74, 6) is -3.57. The second-order valence-electron chi connectivity index (χ2n) is 6.52. The van der Waals surface area contributed by atoms with E-state index in [0.717, 1.165) is 23.8 Å². The van der Waals surface area contributed by atoms with Crippen molar-refractivity contribution in [1.82, 2.24) is 9.80 Å². The van der Waals surface area contributed by atoms with E-state index in [1.54, 1.807) is 26.0 Å². The van der Waals surface area contributed by atoms with Crippen LogP contribution in [0.5, 0.6) is 0 Å². The van der Waals surface area contributed by atoms with Gasteiger partial charge in [-0.05, 0) is 31.6 Å². The van der Waals surface area contributed by atoms with Crippen molar-refractivity contribution >= 4 is 29.7 Å². The first-order chi connectivity index (χ1) is 13.2. The van der Waals surface area contributed by atoms with Gasteiger partial charge in [0.05, 0.1) is 18.2 Å². The lowest BCUT2D eigenvalue weighted by atomic mass is 9.99. The van der Waals surface area contributed by atoms with Crippen molar-refractivity contribution in [3.63, 3.8) is 0 Å². The van der Waals surface area contributed by atoms with E-state index in [1.165, 1.54) is 12.1 Å². The SMILES string of the molecule is COC(=O)C(=C(C)C)N1C(=O)C(N2C(=O)c3ccccc3C2=O)C1OC(C)=O. The Hall–Kier alpha value is -3.49. The zero-order valence-electron chi connectivity index (χ0n) is 15.7. The molecule has 28 heavy (non-hydrogen) atoms. The molecule has 1 fully saturated rings. The monoisotopic (exact) mass is 386 g/mol. The van der Waals surface area contributed by atoms with Crippen LogP contribution in [0, 0.1) is 0 Å². The Morgan fingerprint density at radius 2 is 1.50 bits per heavy atom. The van der Waals surface area contributed by atoms with E-state index in [1.807, 2.05) is 0 Å². The molecule has 146 valence electrons. The summed E-state index contributed by atoms with van der Waals surface area (Å²) in [6, 6.07) is 4.80. The summed E-state index contributed by atoms with van der Waals surface area (Å²) >= 11 is 0. The fourth-order valence-electron chi connectivity index (χ4n) is 3.31. The van der Waals surface area contributed by atoms with Crippen LogP contribution in [0.4, 0.5) is 0 Å². The van der Waals surface area contributed by atoms with Gasteiger partial charge in [-0.3, -0.25) is 29.0 Å². The van der Waals surface area contributed by atoms with Gasteiger partial charge in [0.15, 0.2) is 6.04 Å². The molecular weight excluding hydrogens is 368 g/mol. The van der Waals surface area contributed by atoms with Gasteiger partial charge in [0.1, 0.15) is 5.70 Å². The number of ether oxygens (including phenoxy) is 2. The van der Waals surface area contributed by atoms with Gasteiger partial charge in [0.2, 0.25) is 6.23 Å². The number of nitrogens with zero attached hydrogens (tertiary/aromatic N) is 2. The third-order valence-electron chi connectivity index (χ3n) is 4.50. The van der Waals surface area contributed by atoms with Crippen molar-refractivity contribution in [2.24, 2.45) is 0 Å². The first-order valence-electron chi connectivity index (χ1n) is 8.43. The fourth-order valence-corrected chi connectivity index (χ4v) is 3.31. The molecule has 2 atom stereocenters. The molecule has 0 radical (unpaired) electrons. The van der Waals surface area contributed by atoms with Gasteiger partial charge in [-0.2, -0.15) is 0 Å². The number of benzene rings is 1. The third kappa shape index (κ3) is 2.75. The number of imide groups is 1. The molecule has 2 heterocycles. The van der Waals surface area contributed by atoms with Gasteiger partial charge in [-0.15, -0.1) is 0 Å². The Morgan fingerprint density at radius 1 is 0.964 bits per heavy atom. The lowest BCUT2D eigenvalue weighted by molar-refractivity contribution is -0.192. The lowest BCUT2D eigenvalue weighted by Gasteiger charge is -2.48. The molecule has 3 amide bonds. The Bertz CT molecular complexity index is 910. The number of hydrogen-bond acceptors (Lipinski definition) is 7. The van der Waals surface area contributed by atoms with Crippen molar-refractivity contribution in [3.8, 4) is 0 Å². The van der Waals surface area contributed by atoms with Gasteiger partial charge < -0.3 is 9.47 Å². The van der Waals surface area contributed by atoms with Gasteiger partial charge in [0.25, 0.3) is 17.7 Å². The topological polar surface area (TPSA) is 110 Å². The van der Waals surface area contributed by atoms with Crippen molar-refractivity contribution < 1.29 is 33.4 Å². The molecule has 2 aliphatic rings. The van der Waals surface area contributed by atoms with Gasteiger partial charge >= 0.3 is 11.9 Å².